The third-order valence-electron chi connectivity index (χ3n) is 4.92. The lowest BCUT2D eigenvalue weighted by Crippen LogP contribution is -2.50. The lowest BCUT2D eigenvalue weighted by molar-refractivity contribution is -0.148. The average molecular weight is 254 g/mol. The molecule has 104 valence electrons. The molecule has 18 heavy (non-hydrogen) atoms. The Labute approximate surface area is 110 Å². The van der Waals surface area contributed by atoms with Crippen LogP contribution >= 0.6 is 0 Å². The van der Waals surface area contributed by atoms with Gasteiger partial charge in [-0.2, -0.15) is 0 Å². The van der Waals surface area contributed by atoms with Gasteiger partial charge in [-0.3, -0.25) is 4.79 Å². The smallest absolute Gasteiger partial charge is 0.325 e. The molecule has 4 nitrogen and oxygen atoms in total. The lowest BCUT2D eigenvalue weighted by Gasteiger charge is -2.28. The molecule has 0 aromatic heterocycles. The third-order valence-corrected chi connectivity index (χ3v) is 4.92. The summed E-state index contributed by atoms with van der Waals surface area (Å²) in [6.45, 7) is 5.37. The van der Waals surface area contributed by atoms with Gasteiger partial charge in [0.05, 0.1) is 7.11 Å². The average Bonchev–Trinajstić information content (AvgIpc) is 2.95. The summed E-state index contributed by atoms with van der Waals surface area (Å²) in [6.07, 6.45) is 5.04. The van der Waals surface area contributed by atoms with Gasteiger partial charge < -0.3 is 15.0 Å². The second-order valence-corrected chi connectivity index (χ2v) is 6.03. The summed E-state index contributed by atoms with van der Waals surface area (Å²) in [5, 5.41) is 3.10. The Bertz CT molecular complexity index is 296. The summed E-state index contributed by atoms with van der Waals surface area (Å²) < 4.78 is 4.88. The van der Waals surface area contributed by atoms with Crippen molar-refractivity contribution in [3.8, 4) is 0 Å². The van der Waals surface area contributed by atoms with Crippen LogP contribution in [-0.2, 0) is 9.53 Å². The van der Waals surface area contributed by atoms with Crippen molar-refractivity contribution in [2.75, 3.05) is 33.8 Å². The van der Waals surface area contributed by atoms with E-state index in [4.69, 9.17) is 4.74 Å². The maximum Gasteiger partial charge on any atom is 0.325 e. The van der Waals surface area contributed by atoms with E-state index in [1.54, 1.807) is 0 Å². The molecule has 1 aliphatic heterocycles. The second-order valence-electron chi connectivity index (χ2n) is 6.03. The molecule has 3 unspecified atom stereocenters. The van der Waals surface area contributed by atoms with Gasteiger partial charge in [-0.15, -0.1) is 0 Å². The maximum atomic E-state index is 11.8. The predicted molar refractivity (Wildman–Crippen MR) is 71.4 cm³/mol. The Hall–Kier alpha value is -0.610. The van der Waals surface area contributed by atoms with Crippen molar-refractivity contribution in [3.05, 3.63) is 0 Å². The molecule has 0 amide bonds. The number of nitrogens with zero attached hydrogens (tertiary/aromatic N) is 1. The molecule has 1 heterocycles. The van der Waals surface area contributed by atoms with E-state index in [9.17, 15) is 4.79 Å². The number of ether oxygens (including phenoxy) is 1. The molecule has 0 aromatic rings. The number of hydrogen-bond acceptors (Lipinski definition) is 4. The summed E-state index contributed by atoms with van der Waals surface area (Å²) >= 11 is 0. The highest BCUT2D eigenvalue weighted by Crippen LogP contribution is 2.37. The molecule has 0 aromatic carbocycles. The van der Waals surface area contributed by atoms with Crippen LogP contribution < -0.4 is 5.32 Å². The Kier molecular flexibility index (Phi) is 4.28. The molecule has 0 radical (unpaired) electrons. The van der Waals surface area contributed by atoms with E-state index in [0.717, 1.165) is 24.8 Å². The first-order chi connectivity index (χ1) is 8.59. The number of nitrogens with one attached hydrogen (secondary N) is 1. The highest BCUT2D eigenvalue weighted by Gasteiger charge is 2.38. The van der Waals surface area contributed by atoms with E-state index in [2.05, 4.69) is 10.2 Å². The summed E-state index contributed by atoms with van der Waals surface area (Å²) in [5.41, 5.74) is -0.549. The van der Waals surface area contributed by atoms with Crippen molar-refractivity contribution in [2.24, 2.45) is 11.8 Å². The molecule has 0 bridgehead atoms. The first kappa shape index (κ1) is 13.8. The number of likely N-dealkylation sites (N-methyl/N-ethyl adjacent to an activating group) is 1. The van der Waals surface area contributed by atoms with E-state index in [1.807, 2.05) is 14.0 Å². The normalized spacial score (nSPS) is 31.1. The summed E-state index contributed by atoms with van der Waals surface area (Å²) in [4.78, 5) is 14.3. The minimum absolute atomic E-state index is 0.163. The van der Waals surface area contributed by atoms with Crippen molar-refractivity contribution < 1.29 is 9.53 Å². The zero-order valence-electron chi connectivity index (χ0n) is 11.9. The fraction of sp³-hybridized carbons (Fsp3) is 0.929. The molecule has 2 rings (SSSR count). The standard InChI is InChI=1S/C14H26N2O2/c1-14(15-2,13(17)18-3)7-8-16-9-11-5-4-6-12(11)10-16/h11-12,15H,4-10H2,1-3H3. The molecule has 1 N–H and O–H groups in total. The number of fused-ring (bicyclic) bond motifs is 1. The Morgan fingerprint density at radius 3 is 2.50 bits per heavy atom. The topological polar surface area (TPSA) is 41.6 Å². The molecular weight excluding hydrogens is 228 g/mol. The first-order valence-electron chi connectivity index (χ1n) is 7.09. The fourth-order valence-corrected chi connectivity index (χ4v) is 3.45. The third kappa shape index (κ3) is 2.69. The van der Waals surface area contributed by atoms with Crippen LogP contribution in [0.3, 0.4) is 0 Å². The highest BCUT2D eigenvalue weighted by molar-refractivity contribution is 5.80. The van der Waals surface area contributed by atoms with Gasteiger partial charge in [0.15, 0.2) is 0 Å². The van der Waals surface area contributed by atoms with E-state index in [1.165, 1.54) is 39.5 Å². The fourth-order valence-electron chi connectivity index (χ4n) is 3.45. The summed E-state index contributed by atoms with van der Waals surface area (Å²) in [6, 6.07) is 0. The molecular formula is C14H26N2O2. The van der Waals surface area contributed by atoms with E-state index >= 15 is 0 Å². The van der Waals surface area contributed by atoms with Crippen molar-refractivity contribution >= 4 is 5.97 Å². The van der Waals surface area contributed by atoms with E-state index < -0.39 is 5.54 Å². The molecule has 3 atom stereocenters. The number of methoxy groups -OCH3 is 1. The highest BCUT2D eigenvalue weighted by atomic mass is 16.5. The van der Waals surface area contributed by atoms with Gasteiger partial charge in [0.2, 0.25) is 0 Å². The van der Waals surface area contributed by atoms with Crippen LogP contribution in [0.25, 0.3) is 0 Å². The van der Waals surface area contributed by atoms with Gasteiger partial charge >= 0.3 is 5.97 Å². The van der Waals surface area contributed by atoms with Crippen molar-refractivity contribution in [2.45, 2.75) is 38.1 Å². The lowest BCUT2D eigenvalue weighted by atomic mass is 9.98. The number of carbonyl (C=O) groups excluding carboxylic acids is 1. The van der Waals surface area contributed by atoms with Crippen molar-refractivity contribution in [1.82, 2.24) is 10.2 Å². The Balaban J connectivity index is 1.82. The maximum absolute atomic E-state index is 11.8. The Morgan fingerprint density at radius 1 is 1.39 bits per heavy atom. The van der Waals surface area contributed by atoms with Gasteiger partial charge in [-0.1, -0.05) is 6.42 Å². The number of carbonyl (C=O) groups is 1. The number of hydrogen-bond donors (Lipinski definition) is 1. The minimum Gasteiger partial charge on any atom is -0.468 e. The molecule has 1 saturated heterocycles. The molecule has 4 heteroatoms. The summed E-state index contributed by atoms with van der Waals surface area (Å²) in [7, 11) is 3.29. The number of rotatable bonds is 5. The zero-order chi connectivity index (χ0) is 13.2. The van der Waals surface area contributed by atoms with Gasteiger partial charge in [0.25, 0.3) is 0 Å². The zero-order valence-corrected chi connectivity index (χ0v) is 11.9. The van der Waals surface area contributed by atoms with Gasteiger partial charge in [0, 0.05) is 19.6 Å². The Morgan fingerprint density at radius 2 is 2.00 bits per heavy atom. The van der Waals surface area contributed by atoms with Gasteiger partial charge in [-0.25, -0.2) is 0 Å². The van der Waals surface area contributed by atoms with Crippen LogP contribution in [0.2, 0.25) is 0 Å². The van der Waals surface area contributed by atoms with E-state index in [-0.39, 0.29) is 5.97 Å². The molecule has 1 saturated carbocycles. The van der Waals surface area contributed by atoms with Crippen LogP contribution in [0.15, 0.2) is 0 Å². The minimum atomic E-state index is -0.549. The van der Waals surface area contributed by atoms with Crippen LogP contribution in [0.5, 0.6) is 0 Å². The van der Waals surface area contributed by atoms with Gasteiger partial charge in [0.1, 0.15) is 5.54 Å². The van der Waals surface area contributed by atoms with Crippen molar-refractivity contribution in [3.63, 3.8) is 0 Å². The van der Waals surface area contributed by atoms with Crippen molar-refractivity contribution in [1.29, 1.82) is 0 Å². The largest absolute Gasteiger partial charge is 0.468 e. The second kappa shape index (κ2) is 5.57. The molecule has 0 spiro atoms. The first-order valence-corrected chi connectivity index (χ1v) is 7.09. The molecule has 1 aliphatic carbocycles. The number of esters is 1. The monoisotopic (exact) mass is 254 g/mol. The van der Waals surface area contributed by atoms with Crippen LogP contribution in [0, 0.1) is 11.8 Å². The van der Waals surface area contributed by atoms with E-state index in [0.29, 0.717) is 0 Å². The molecule has 2 fully saturated rings. The SMILES string of the molecule is CNC(C)(CCN1CC2CCCC2C1)C(=O)OC. The number of likely N-dealkylation sites (tertiary alicyclic amines) is 1. The van der Waals surface area contributed by atoms with Gasteiger partial charge in [-0.05, 0) is 45.1 Å². The quantitative estimate of drug-likeness (QED) is 0.750. The van der Waals surface area contributed by atoms with Crippen LogP contribution in [0.4, 0.5) is 0 Å². The predicted octanol–water partition coefficient (Wildman–Crippen LogP) is 1.26. The van der Waals surface area contributed by atoms with Crippen LogP contribution in [-0.4, -0.2) is 50.2 Å². The molecule has 2 aliphatic rings. The summed E-state index contributed by atoms with van der Waals surface area (Å²) in [5.74, 6) is 1.68. The van der Waals surface area contributed by atoms with Crippen LogP contribution in [0.1, 0.15) is 32.6 Å².